The monoisotopic (exact) mass is 689 g/mol. The maximum Gasteiger partial charge on any atom is -0.00905 e. The van der Waals surface area contributed by atoms with Crippen LogP contribution < -0.4 is 0 Å². The second-order valence-corrected chi connectivity index (χ2v) is 20.8. The predicted molar refractivity (Wildman–Crippen MR) is 214 cm³/mol. The van der Waals surface area contributed by atoms with Crippen molar-refractivity contribution in [1.82, 2.24) is 0 Å². The van der Waals surface area contributed by atoms with E-state index in [1.807, 2.05) is 5.56 Å². The third-order valence-electron chi connectivity index (χ3n) is 19.7. The van der Waals surface area contributed by atoms with Gasteiger partial charge in [0, 0.05) is 0 Å². The molecule has 0 saturated heterocycles. The molecule has 12 rings (SSSR count). The molecule has 3 aromatic carbocycles. The lowest BCUT2D eigenvalue weighted by molar-refractivity contribution is -0.169. The van der Waals surface area contributed by atoms with Crippen LogP contribution in [0.2, 0.25) is 0 Å². The maximum absolute atomic E-state index is 2.65. The minimum absolute atomic E-state index is 0.721. The van der Waals surface area contributed by atoms with E-state index in [1.54, 1.807) is 86.5 Å². The second kappa shape index (κ2) is 12.1. The van der Waals surface area contributed by atoms with Gasteiger partial charge in [0.1, 0.15) is 0 Å². The van der Waals surface area contributed by atoms with Crippen LogP contribution in [0.3, 0.4) is 0 Å². The minimum Gasteiger partial charge on any atom is -0.0622 e. The molecule has 272 valence electrons. The Bertz CT molecular complexity index is 1770. The number of aryl methyl sites for hydroxylation is 2. The molecule has 0 nitrogen and oxygen atoms in total. The van der Waals surface area contributed by atoms with Crippen LogP contribution in [0.25, 0.3) is 11.1 Å². The summed E-state index contributed by atoms with van der Waals surface area (Å²) in [6, 6.07) is 28.9. The molecular weight excluding hydrogens is 625 g/mol. The molecule has 0 amide bonds. The fourth-order valence-electron chi connectivity index (χ4n) is 18.9. The van der Waals surface area contributed by atoms with Gasteiger partial charge in [-0.3, -0.25) is 0 Å². The molecule has 18 atom stereocenters. The van der Waals surface area contributed by atoms with Gasteiger partial charge in [-0.05, 0) is 231 Å². The first-order chi connectivity index (χ1) is 25.7. The van der Waals surface area contributed by atoms with Gasteiger partial charge in [-0.15, -0.1) is 0 Å². The SMILES string of the molecule is Cc1cccc(C)c1C1C2CCCCC2C(c2ccccc2-c2ccccc2)C2C3CCC4C5CCC6CCC7CCC(C8CCC(C3C48)C12)C5C67. The van der Waals surface area contributed by atoms with E-state index in [1.165, 1.54) is 31.2 Å². The molecule has 9 saturated carbocycles. The van der Waals surface area contributed by atoms with Crippen molar-refractivity contribution in [2.75, 3.05) is 0 Å². The molecule has 18 unspecified atom stereocenters. The summed E-state index contributed by atoms with van der Waals surface area (Å²) in [6.45, 7) is 5.00. The Hall–Kier alpha value is -2.34. The topological polar surface area (TPSA) is 0 Å². The highest BCUT2D eigenvalue weighted by Gasteiger charge is 2.70. The van der Waals surface area contributed by atoms with Gasteiger partial charge < -0.3 is 0 Å². The van der Waals surface area contributed by atoms with Gasteiger partial charge in [0.05, 0.1) is 0 Å². The second-order valence-electron chi connectivity index (χ2n) is 20.8. The summed E-state index contributed by atoms with van der Waals surface area (Å²) in [6.07, 6.45) is 21.7. The van der Waals surface area contributed by atoms with Crippen LogP contribution >= 0.6 is 0 Å². The molecule has 0 radical (unpaired) electrons. The summed E-state index contributed by atoms with van der Waals surface area (Å²) in [5, 5.41) is 0. The molecule has 0 aliphatic heterocycles. The van der Waals surface area contributed by atoms with E-state index in [9.17, 15) is 0 Å². The number of hydrogen-bond acceptors (Lipinski definition) is 0. The molecular formula is C52H64. The van der Waals surface area contributed by atoms with Crippen molar-refractivity contribution in [1.29, 1.82) is 0 Å². The first-order valence-corrected chi connectivity index (χ1v) is 22.9. The minimum atomic E-state index is 0.721. The Balaban J connectivity index is 1.03. The van der Waals surface area contributed by atoms with E-state index < -0.39 is 0 Å². The molecule has 0 spiro atoms. The number of fused-ring (bicyclic) bond motifs is 6. The summed E-state index contributed by atoms with van der Waals surface area (Å²) in [7, 11) is 0. The van der Waals surface area contributed by atoms with Crippen LogP contribution in [0.15, 0.2) is 72.8 Å². The molecule has 9 aliphatic carbocycles. The fourth-order valence-corrected chi connectivity index (χ4v) is 18.9. The molecule has 0 bridgehead atoms. The number of benzene rings is 3. The lowest BCUT2D eigenvalue weighted by Crippen LogP contribution is -2.59. The summed E-state index contributed by atoms with van der Waals surface area (Å²) < 4.78 is 0. The Kier molecular flexibility index (Phi) is 7.42. The van der Waals surface area contributed by atoms with Gasteiger partial charge in [-0.1, -0.05) is 85.6 Å². The van der Waals surface area contributed by atoms with Gasteiger partial charge >= 0.3 is 0 Å². The zero-order valence-electron chi connectivity index (χ0n) is 32.2. The van der Waals surface area contributed by atoms with E-state index >= 15 is 0 Å². The fraction of sp³-hybridized carbons (Fsp3) is 0.654. The van der Waals surface area contributed by atoms with Crippen molar-refractivity contribution >= 4 is 0 Å². The van der Waals surface area contributed by atoms with Crippen LogP contribution in [0, 0.1) is 109 Å². The van der Waals surface area contributed by atoms with E-state index in [2.05, 4.69) is 86.6 Å². The molecule has 52 heavy (non-hydrogen) atoms. The molecule has 3 aromatic rings. The number of hydrogen-bond donors (Lipinski definition) is 0. The molecule has 0 N–H and O–H groups in total. The smallest absolute Gasteiger partial charge is 0.00905 e. The lowest BCUT2D eigenvalue weighted by Gasteiger charge is -2.65. The van der Waals surface area contributed by atoms with Crippen molar-refractivity contribution < 1.29 is 0 Å². The van der Waals surface area contributed by atoms with Crippen LogP contribution in [-0.2, 0) is 0 Å². The Morgan fingerprint density at radius 1 is 0.365 bits per heavy atom. The molecule has 0 heterocycles. The van der Waals surface area contributed by atoms with E-state index in [0.717, 1.165) is 107 Å². The molecule has 0 aromatic heterocycles. The van der Waals surface area contributed by atoms with E-state index in [-0.39, 0.29) is 0 Å². The summed E-state index contributed by atoms with van der Waals surface area (Å²) in [5.74, 6) is 17.6. The summed E-state index contributed by atoms with van der Waals surface area (Å²) in [4.78, 5) is 0. The third kappa shape index (κ3) is 4.34. The molecule has 0 heteroatoms. The van der Waals surface area contributed by atoms with Gasteiger partial charge in [-0.25, -0.2) is 0 Å². The molecule has 9 fully saturated rings. The van der Waals surface area contributed by atoms with Gasteiger partial charge in [0.25, 0.3) is 0 Å². The van der Waals surface area contributed by atoms with Gasteiger partial charge in [-0.2, -0.15) is 0 Å². The average Bonchev–Trinajstić information content (AvgIpc) is 3.77. The van der Waals surface area contributed by atoms with E-state index in [0.29, 0.717) is 0 Å². The van der Waals surface area contributed by atoms with Crippen molar-refractivity contribution in [3.63, 3.8) is 0 Å². The van der Waals surface area contributed by atoms with Gasteiger partial charge in [0.15, 0.2) is 0 Å². The van der Waals surface area contributed by atoms with Crippen molar-refractivity contribution in [2.45, 2.75) is 116 Å². The zero-order valence-corrected chi connectivity index (χ0v) is 32.2. The summed E-state index contributed by atoms with van der Waals surface area (Å²) >= 11 is 0. The first-order valence-electron chi connectivity index (χ1n) is 22.9. The van der Waals surface area contributed by atoms with Crippen molar-refractivity contribution in [2.24, 2.45) is 94.7 Å². The highest BCUT2D eigenvalue weighted by molar-refractivity contribution is 5.68. The molecule has 9 aliphatic rings. The Morgan fingerprint density at radius 2 is 0.846 bits per heavy atom. The van der Waals surface area contributed by atoms with Crippen molar-refractivity contribution in [3.8, 4) is 11.1 Å². The Morgan fingerprint density at radius 3 is 1.50 bits per heavy atom. The quantitative estimate of drug-likeness (QED) is 0.257. The van der Waals surface area contributed by atoms with Crippen LogP contribution in [0.1, 0.15) is 124 Å². The van der Waals surface area contributed by atoms with Crippen LogP contribution in [-0.4, -0.2) is 0 Å². The van der Waals surface area contributed by atoms with Crippen LogP contribution in [0.4, 0.5) is 0 Å². The normalized spacial score (nSPS) is 47.9. The first kappa shape index (κ1) is 32.0. The predicted octanol–water partition coefficient (Wildman–Crippen LogP) is 13.3. The van der Waals surface area contributed by atoms with Gasteiger partial charge in [0.2, 0.25) is 0 Å². The Labute approximate surface area is 315 Å². The summed E-state index contributed by atoms with van der Waals surface area (Å²) in [5.41, 5.74) is 9.82. The highest BCUT2D eigenvalue weighted by atomic mass is 14.7. The van der Waals surface area contributed by atoms with Crippen LogP contribution in [0.5, 0.6) is 0 Å². The maximum atomic E-state index is 2.65. The average molecular weight is 689 g/mol. The third-order valence-corrected chi connectivity index (χ3v) is 19.7. The number of rotatable bonds is 3. The standard InChI is InChI=1S/C52H64/c1-29-11-10-12-30(2)44(29)50-37-18-9-8-17-36(37)48(35-16-7-6-15-34(35)31-13-4-3-5-14-31)51-42-27-25-40-38-23-21-32-19-20-33-22-24-39(46(38)45(32)33)41-26-28-43(52(50)51)49(42)47(40)41/h3-7,10-16,32-33,36-43,45-52H,8-9,17-28H2,1-2H3. The zero-order chi connectivity index (χ0) is 34.2. The lowest BCUT2D eigenvalue weighted by atomic mass is 9.40. The largest absolute Gasteiger partial charge is 0.0622 e. The van der Waals surface area contributed by atoms with Crippen molar-refractivity contribution in [3.05, 3.63) is 95.1 Å². The van der Waals surface area contributed by atoms with E-state index in [4.69, 9.17) is 0 Å². The highest BCUT2D eigenvalue weighted by Crippen LogP contribution is 2.77.